The molecule has 0 N–H and O–H groups in total. The summed E-state index contributed by atoms with van der Waals surface area (Å²) in [6.45, 7) is 3.60. The molecule has 0 atom stereocenters. The zero-order valence-corrected chi connectivity index (χ0v) is 13.3. The molecular weight excluding hydrogens is 307 g/mol. The lowest BCUT2D eigenvalue weighted by atomic mass is 9.98. The molecule has 1 aromatic rings. The minimum absolute atomic E-state index is 0.128. The fourth-order valence-electron chi connectivity index (χ4n) is 2.29. The van der Waals surface area contributed by atoms with Crippen LogP contribution in [0, 0.1) is 17.2 Å². The Morgan fingerprint density at radius 1 is 1.33 bits per heavy atom. The number of rotatable bonds is 2. The SMILES string of the molecule is CC1CCN(C(=O)/C(C#N)=C\c2ccc(Cl)c(Cl)c2)CC1. The lowest BCUT2D eigenvalue weighted by Gasteiger charge is -2.30. The summed E-state index contributed by atoms with van der Waals surface area (Å²) < 4.78 is 0. The molecule has 1 saturated heterocycles. The number of carbonyl (C=O) groups excluding carboxylic acids is 1. The molecule has 0 bridgehead atoms. The zero-order valence-electron chi connectivity index (χ0n) is 11.8. The van der Waals surface area contributed by atoms with Gasteiger partial charge in [0.1, 0.15) is 11.6 Å². The highest BCUT2D eigenvalue weighted by atomic mass is 35.5. The number of nitriles is 1. The van der Waals surface area contributed by atoms with Crippen molar-refractivity contribution >= 4 is 35.2 Å². The molecule has 21 heavy (non-hydrogen) atoms. The molecular formula is C16H16Cl2N2O. The van der Waals surface area contributed by atoms with E-state index in [1.165, 1.54) is 0 Å². The highest BCUT2D eigenvalue weighted by molar-refractivity contribution is 6.42. The first kappa shape index (κ1) is 15.9. The van der Waals surface area contributed by atoms with E-state index in [0.29, 0.717) is 34.6 Å². The summed E-state index contributed by atoms with van der Waals surface area (Å²) in [5, 5.41) is 10.1. The second-order valence-corrected chi connectivity index (χ2v) is 6.13. The number of carbonyl (C=O) groups is 1. The minimum Gasteiger partial charge on any atom is -0.338 e. The van der Waals surface area contributed by atoms with Crippen LogP contribution in [0.2, 0.25) is 10.0 Å². The second kappa shape index (κ2) is 6.98. The second-order valence-electron chi connectivity index (χ2n) is 5.32. The van der Waals surface area contributed by atoms with Gasteiger partial charge in [0.05, 0.1) is 10.0 Å². The van der Waals surface area contributed by atoms with Gasteiger partial charge < -0.3 is 4.90 Å². The summed E-state index contributed by atoms with van der Waals surface area (Å²) in [6, 6.07) is 7.02. The Balaban J connectivity index is 2.18. The van der Waals surface area contributed by atoms with Crippen LogP contribution in [0.5, 0.6) is 0 Å². The van der Waals surface area contributed by atoms with Gasteiger partial charge >= 0.3 is 0 Å². The molecule has 0 radical (unpaired) electrons. The highest BCUT2D eigenvalue weighted by Gasteiger charge is 2.22. The van der Waals surface area contributed by atoms with Gasteiger partial charge in [-0.1, -0.05) is 36.2 Å². The fraction of sp³-hybridized carbons (Fsp3) is 0.375. The molecule has 110 valence electrons. The van der Waals surface area contributed by atoms with Crippen molar-refractivity contribution in [1.82, 2.24) is 4.90 Å². The van der Waals surface area contributed by atoms with E-state index < -0.39 is 0 Å². The van der Waals surface area contributed by atoms with Crippen molar-refractivity contribution in [3.8, 4) is 6.07 Å². The van der Waals surface area contributed by atoms with Crippen molar-refractivity contribution in [2.75, 3.05) is 13.1 Å². The van der Waals surface area contributed by atoms with Crippen LogP contribution >= 0.6 is 23.2 Å². The van der Waals surface area contributed by atoms with Crippen molar-refractivity contribution < 1.29 is 4.79 Å². The van der Waals surface area contributed by atoms with Gasteiger partial charge in [-0.2, -0.15) is 5.26 Å². The van der Waals surface area contributed by atoms with Crippen molar-refractivity contribution in [2.24, 2.45) is 5.92 Å². The molecule has 0 aromatic heterocycles. The smallest absolute Gasteiger partial charge is 0.264 e. The van der Waals surface area contributed by atoms with E-state index in [2.05, 4.69) is 6.92 Å². The van der Waals surface area contributed by atoms with E-state index in [0.717, 1.165) is 12.8 Å². The average molecular weight is 323 g/mol. The molecule has 5 heteroatoms. The third-order valence-electron chi connectivity index (χ3n) is 3.68. The lowest BCUT2D eigenvalue weighted by molar-refractivity contribution is -0.127. The molecule has 0 saturated carbocycles. The van der Waals surface area contributed by atoms with Crippen molar-refractivity contribution in [2.45, 2.75) is 19.8 Å². The molecule has 0 aliphatic carbocycles. The molecule has 3 nitrogen and oxygen atoms in total. The van der Waals surface area contributed by atoms with E-state index in [9.17, 15) is 10.1 Å². The van der Waals surface area contributed by atoms with Crippen LogP contribution in [-0.2, 0) is 4.79 Å². The molecule has 1 heterocycles. The van der Waals surface area contributed by atoms with Crippen LogP contribution in [0.1, 0.15) is 25.3 Å². The first-order valence-corrected chi connectivity index (χ1v) is 7.63. The van der Waals surface area contributed by atoms with E-state index in [-0.39, 0.29) is 11.5 Å². The molecule has 2 rings (SSSR count). The summed E-state index contributed by atoms with van der Waals surface area (Å²) in [6.07, 6.45) is 3.52. The minimum atomic E-state index is -0.213. The predicted octanol–water partition coefficient (Wildman–Crippen LogP) is 4.16. The Labute approximate surface area is 134 Å². The Kier molecular flexibility index (Phi) is 5.27. The van der Waals surface area contributed by atoms with Gasteiger partial charge in [-0.25, -0.2) is 0 Å². The number of halogens is 2. The van der Waals surface area contributed by atoms with Gasteiger partial charge in [0.15, 0.2) is 0 Å². The van der Waals surface area contributed by atoms with Gasteiger partial charge in [0.2, 0.25) is 0 Å². The van der Waals surface area contributed by atoms with Gasteiger partial charge in [0, 0.05) is 13.1 Å². The highest BCUT2D eigenvalue weighted by Crippen LogP contribution is 2.24. The predicted molar refractivity (Wildman–Crippen MR) is 85.0 cm³/mol. The molecule has 0 unspecified atom stereocenters. The van der Waals surface area contributed by atoms with Gasteiger partial charge in [-0.05, 0) is 42.5 Å². The summed E-state index contributed by atoms with van der Waals surface area (Å²) in [4.78, 5) is 14.1. The third kappa shape index (κ3) is 4.00. The van der Waals surface area contributed by atoms with Crippen LogP contribution in [-0.4, -0.2) is 23.9 Å². The van der Waals surface area contributed by atoms with E-state index >= 15 is 0 Å². The average Bonchev–Trinajstić information content (AvgIpc) is 2.48. The normalized spacial score (nSPS) is 16.7. The van der Waals surface area contributed by atoms with Crippen LogP contribution in [0.15, 0.2) is 23.8 Å². The van der Waals surface area contributed by atoms with Crippen LogP contribution in [0.4, 0.5) is 0 Å². The summed E-state index contributed by atoms with van der Waals surface area (Å²) in [7, 11) is 0. The molecule has 1 amide bonds. The van der Waals surface area contributed by atoms with Crippen molar-refractivity contribution in [3.63, 3.8) is 0 Å². The number of hydrogen-bond acceptors (Lipinski definition) is 2. The topological polar surface area (TPSA) is 44.1 Å². The Morgan fingerprint density at radius 3 is 2.57 bits per heavy atom. The maximum absolute atomic E-state index is 12.4. The van der Waals surface area contributed by atoms with E-state index in [1.807, 2.05) is 6.07 Å². The number of likely N-dealkylation sites (tertiary alicyclic amines) is 1. The third-order valence-corrected chi connectivity index (χ3v) is 4.42. The van der Waals surface area contributed by atoms with Gasteiger partial charge in [-0.15, -0.1) is 0 Å². The number of benzene rings is 1. The molecule has 1 aliphatic rings. The van der Waals surface area contributed by atoms with Crippen LogP contribution in [0.25, 0.3) is 6.08 Å². The standard InChI is InChI=1S/C16H16Cl2N2O/c1-11-4-6-20(7-5-11)16(21)13(10-19)8-12-2-3-14(17)15(18)9-12/h2-3,8-9,11H,4-7H2,1H3/b13-8-. The molecule has 1 aliphatic heterocycles. The Bertz CT molecular complexity index is 611. The summed E-state index contributed by atoms with van der Waals surface area (Å²) in [5.41, 5.74) is 0.822. The van der Waals surface area contributed by atoms with E-state index in [1.54, 1.807) is 29.2 Å². The number of nitrogens with zero attached hydrogens (tertiary/aromatic N) is 2. The largest absolute Gasteiger partial charge is 0.338 e. The van der Waals surface area contributed by atoms with Crippen LogP contribution in [0.3, 0.4) is 0 Å². The maximum atomic E-state index is 12.4. The first-order chi connectivity index (χ1) is 10.0. The lowest BCUT2D eigenvalue weighted by Crippen LogP contribution is -2.38. The Hall–Kier alpha value is -1.50. The maximum Gasteiger partial charge on any atom is 0.264 e. The van der Waals surface area contributed by atoms with Gasteiger partial charge in [-0.3, -0.25) is 4.79 Å². The molecule has 1 fully saturated rings. The Morgan fingerprint density at radius 2 is 2.00 bits per heavy atom. The van der Waals surface area contributed by atoms with Gasteiger partial charge in [0.25, 0.3) is 5.91 Å². The molecule has 0 spiro atoms. The first-order valence-electron chi connectivity index (χ1n) is 6.87. The molecule has 1 aromatic carbocycles. The van der Waals surface area contributed by atoms with E-state index in [4.69, 9.17) is 23.2 Å². The number of hydrogen-bond donors (Lipinski definition) is 0. The quantitative estimate of drug-likeness (QED) is 0.606. The summed E-state index contributed by atoms with van der Waals surface area (Å²) in [5.74, 6) is 0.425. The summed E-state index contributed by atoms with van der Waals surface area (Å²) >= 11 is 11.8. The number of amides is 1. The fourth-order valence-corrected chi connectivity index (χ4v) is 2.60. The number of piperidine rings is 1. The van der Waals surface area contributed by atoms with Crippen molar-refractivity contribution in [1.29, 1.82) is 5.26 Å². The van der Waals surface area contributed by atoms with Crippen LogP contribution < -0.4 is 0 Å². The van der Waals surface area contributed by atoms with Crippen molar-refractivity contribution in [3.05, 3.63) is 39.4 Å². The monoisotopic (exact) mass is 322 g/mol. The zero-order chi connectivity index (χ0) is 15.4.